The number of amides is 3. The summed E-state index contributed by atoms with van der Waals surface area (Å²) in [5.41, 5.74) is 6.78. The number of nitrogens with zero attached hydrogens (tertiary/aromatic N) is 2. The largest absolute Gasteiger partial charge is 0.343 e. The Labute approximate surface area is 179 Å². The van der Waals surface area contributed by atoms with Gasteiger partial charge in [0.1, 0.15) is 6.04 Å². The molecular weight excluding hydrogens is 382 g/mol. The molecular formula is C22H35N5O3. The average molecular weight is 418 g/mol. The summed E-state index contributed by atoms with van der Waals surface area (Å²) in [4.78, 5) is 41.0. The first-order valence-corrected chi connectivity index (χ1v) is 10.7. The molecule has 1 aromatic rings. The highest BCUT2D eigenvalue weighted by Gasteiger charge is 2.34. The van der Waals surface area contributed by atoms with E-state index in [1.165, 1.54) is 0 Å². The molecule has 1 aliphatic rings. The number of nitrogens with one attached hydrogen (secondary N) is 2. The van der Waals surface area contributed by atoms with Crippen LogP contribution in [-0.2, 0) is 20.8 Å². The predicted molar refractivity (Wildman–Crippen MR) is 117 cm³/mol. The highest BCUT2D eigenvalue weighted by Crippen LogP contribution is 2.20. The van der Waals surface area contributed by atoms with Gasteiger partial charge in [0.2, 0.25) is 17.7 Å². The Morgan fingerprint density at radius 3 is 2.53 bits per heavy atom. The minimum Gasteiger partial charge on any atom is -0.343 e. The van der Waals surface area contributed by atoms with Gasteiger partial charge in [-0.05, 0) is 45.7 Å². The summed E-state index contributed by atoms with van der Waals surface area (Å²) in [6, 6.07) is 8.94. The van der Waals surface area contributed by atoms with Crippen LogP contribution in [0.15, 0.2) is 30.3 Å². The van der Waals surface area contributed by atoms with Crippen LogP contribution in [0, 0.1) is 0 Å². The van der Waals surface area contributed by atoms with E-state index in [2.05, 4.69) is 10.6 Å². The summed E-state index contributed by atoms with van der Waals surface area (Å²) in [6.07, 6.45) is 2.45. The molecule has 30 heavy (non-hydrogen) atoms. The average Bonchev–Trinajstić information content (AvgIpc) is 3.23. The fourth-order valence-electron chi connectivity index (χ4n) is 3.71. The van der Waals surface area contributed by atoms with Crippen LogP contribution in [0.25, 0.3) is 0 Å². The molecule has 3 atom stereocenters. The van der Waals surface area contributed by atoms with Gasteiger partial charge < -0.3 is 26.2 Å². The Kier molecular flexibility index (Phi) is 9.26. The van der Waals surface area contributed by atoms with E-state index in [4.69, 9.17) is 5.73 Å². The van der Waals surface area contributed by atoms with Crippen molar-refractivity contribution in [3.8, 4) is 0 Å². The molecule has 0 aromatic heterocycles. The zero-order chi connectivity index (χ0) is 22.1. The van der Waals surface area contributed by atoms with Crippen molar-refractivity contribution in [3.63, 3.8) is 0 Å². The van der Waals surface area contributed by atoms with Gasteiger partial charge in [0.25, 0.3) is 0 Å². The van der Waals surface area contributed by atoms with E-state index in [1.807, 2.05) is 30.3 Å². The maximum atomic E-state index is 13.0. The molecule has 2 rings (SSSR count). The van der Waals surface area contributed by atoms with Gasteiger partial charge >= 0.3 is 0 Å². The third-order valence-corrected chi connectivity index (χ3v) is 5.69. The zero-order valence-corrected chi connectivity index (χ0v) is 18.3. The van der Waals surface area contributed by atoms with E-state index in [9.17, 15) is 14.4 Å². The number of carbonyl (C=O) groups is 3. The van der Waals surface area contributed by atoms with Crippen molar-refractivity contribution < 1.29 is 14.4 Å². The summed E-state index contributed by atoms with van der Waals surface area (Å²) >= 11 is 0. The van der Waals surface area contributed by atoms with E-state index >= 15 is 0 Å². The Balaban J connectivity index is 1.99. The molecule has 1 aromatic carbocycles. The van der Waals surface area contributed by atoms with Gasteiger partial charge in [0, 0.05) is 25.7 Å². The van der Waals surface area contributed by atoms with Crippen molar-refractivity contribution in [2.75, 3.05) is 33.2 Å². The van der Waals surface area contributed by atoms with Crippen molar-refractivity contribution in [2.24, 2.45) is 5.73 Å². The number of hydrogen-bond donors (Lipinski definition) is 3. The lowest BCUT2D eigenvalue weighted by Crippen LogP contribution is -2.54. The summed E-state index contributed by atoms with van der Waals surface area (Å²) in [5.74, 6) is -0.441. The third-order valence-electron chi connectivity index (χ3n) is 5.69. The second-order valence-corrected chi connectivity index (χ2v) is 7.85. The molecule has 0 spiro atoms. The number of carbonyl (C=O) groups excluding carboxylic acids is 3. The molecule has 0 saturated carbocycles. The van der Waals surface area contributed by atoms with Crippen molar-refractivity contribution >= 4 is 17.7 Å². The number of hydrogen-bond acceptors (Lipinski definition) is 5. The second kappa shape index (κ2) is 11.7. The number of rotatable bonds is 10. The normalized spacial score (nSPS) is 18.0. The number of likely N-dealkylation sites (N-methyl/N-ethyl adjacent to an activating group) is 1. The maximum Gasteiger partial charge on any atom is 0.245 e. The zero-order valence-electron chi connectivity index (χ0n) is 18.3. The Morgan fingerprint density at radius 2 is 1.90 bits per heavy atom. The lowest BCUT2D eigenvalue weighted by Gasteiger charge is -2.32. The van der Waals surface area contributed by atoms with E-state index in [0.29, 0.717) is 19.6 Å². The van der Waals surface area contributed by atoms with E-state index < -0.39 is 6.04 Å². The number of benzene rings is 1. The highest BCUT2D eigenvalue weighted by molar-refractivity contribution is 5.89. The molecule has 1 heterocycles. The molecule has 4 N–H and O–H groups in total. The second-order valence-electron chi connectivity index (χ2n) is 7.85. The molecule has 1 aliphatic heterocycles. The van der Waals surface area contributed by atoms with Crippen molar-refractivity contribution in [1.82, 2.24) is 20.4 Å². The standard InChI is InChI=1S/C22H35N5O3/c1-16(24-3)21(29)25-17(2)22(30)27-12-7-10-19(27)15-26(20(28)14-23)13-11-18-8-5-4-6-9-18/h4-6,8-9,16-17,19,24H,7,10-15,23H2,1-3H3,(H,25,29)/t16-,17-,19-/m0/s1. The number of likely N-dealkylation sites (tertiary alicyclic amines) is 1. The maximum absolute atomic E-state index is 13.0. The van der Waals surface area contributed by atoms with Crippen LogP contribution in [0.5, 0.6) is 0 Å². The molecule has 8 heteroatoms. The molecule has 166 valence electrons. The van der Waals surface area contributed by atoms with Gasteiger partial charge in [-0.2, -0.15) is 0 Å². The fraction of sp³-hybridized carbons (Fsp3) is 0.591. The van der Waals surface area contributed by atoms with Crippen LogP contribution >= 0.6 is 0 Å². The molecule has 1 saturated heterocycles. The minimum absolute atomic E-state index is 0.0518. The summed E-state index contributed by atoms with van der Waals surface area (Å²) in [7, 11) is 1.70. The predicted octanol–water partition coefficient (Wildman–Crippen LogP) is 0.120. The lowest BCUT2D eigenvalue weighted by molar-refractivity contribution is -0.138. The monoisotopic (exact) mass is 417 g/mol. The van der Waals surface area contributed by atoms with Crippen molar-refractivity contribution in [1.29, 1.82) is 0 Å². The number of nitrogens with two attached hydrogens (primary N) is 1. The molecule has 0 radical (unpaired) electrons. The smallest absolute Gasteiger partial charge is 0.245 e. The van der Waals surface area contributed by atoms with Gasteiger partial charge in [-0.3, -0.25) is 14.4 Å². The quantitative estimate of drug-likeness (QED) is 0.501. The van der Waals surface area contributed by atoms with Crippen LogP contribution in [-0.4, -0.2) is 78.9 Å². The van der Waals surface area contributed by atoms with Gasteiger partial charge in [0.05, 0.1) is 12.6 Å². The van der Waals surface area contributed by atoms with Crippen molar-refractivity contribution in [2.45, 2.75) is 51.2 Å². The fourth-order valence-corrected chi connectivity index (χ4v) is 3.71. The summed E-state index contributed by atoms with van der Waals surface area (Å²) in [5, 5.41) is 5.64. The Morgan fingerprint density at radius 1 is 1.20 bits per heavy atom. The molecule has 8 nitrogen and oxygen atoms in total. The summed E-state index contributed by atoms with van der Waals surface area (Å²) < 4.78 is 0. The van der Waals surface area contributed by atoms with Crippen molar-refractivity contribution in [3.05, 3.63) is 35.9 Å². The van der Waals surface area contributed by atoms with Crippen LogP contribution in [0.1, 0.15) is 32.3 Å². The topological polar surface area (TPSA) is 108 Å². The first-order chi connectivity index (χ1) is 14.4. The molecule has 3 amide bonds. The molecule has 0 unspecified atom stereocenters. The molecule has 0 aliphatic carbocycles. The van der Waals surface area contributed by atoms with Gasteiger partial charge in [-0.15, -0.1) is 0 Å². The first kappa shape index (κ1) is 23.8. The minimum atomic E-state index is -0.614. The Hall–Kier alpha value is -2.45. The van der Waals surface area contributed by atoms with Gasteiger partial charge in [-0.25, -0.2) is 0 Å². The molecule has 0 bridgehead atoms. The van der Waals surface area contributed by atoms with E-state index in [1.54, 1.807) is 30.7 Å². The lowest BCUT2D eigenvalue weighted by atomic mass is 10.1. The molecule has 1 fully saturated rings. The van der Waals surface area contributed by atoms with Gasteiger partial charge in [-0.1, -0.05) is 30.3 Å². The van der Waals surface area contributed by atoms with Crippen LogP contribution in [0.2, 0.25) is 0 Å². The van der Waals surface area contributed by atoms with E-state index in [-0.39, 0.29) is 36.3 Å². The third kappa shape index (κ3) is 6.53. The van der Waals surface area contributed by atoms with E-state index in [0.717, 1.165) is 24.8 Å². The van der Waals surface area contributed by atoms with Crippen LogP contribution < -0.4 is 16.4 Å². The van der Waals surface area contributed by atoms with Gasteiger partial charge in [0.15, 0.2) is 0 Å². The Bertz CT molecular complexity index is 712. The first-order valence-electron chi connectivity index (χ1n) is 10.7. The SMILES string of the molecule is CN[C@@H](C)C(=O)N[C@@H](C)C(=O)N1CCC[C@H]1CN(CCc1ccccc1)C(=O)CN. The summed E-state index contributed by atoms with van der Waals surface area (Å²) in [6.45, 7) is 5.05. The highest BCUT2D eigenvalue weighted by atomic mass is 16.2. The van der Waals surface area contributed by atoms with Crippen LogP contribution in [0.3, 0.4) is 0 Å². The van der Waals surface area contributed by atoms with Crippen LogP contribution in [0.4, 0.5) is 0 Å².